The van der Waals surface area contributed by atoms with Gasteiger partial charge in [0.05, 0.1) is 0 Å². The van der Waals surface area contributed by atoms with Gasteiger partial charge in [-0.15, -0.1) is 12.1 Å². The Morgan fingerprint density at radius 2 is 1.27 bits per heavy atom. The molecule has 1 aliphatic heterocycles. The molecule has 1 nitrogen and oxygen atoms in total. The van der Waals surface area contributed by atoms with Crippen molar-refractivity contribution in [3.8, 4) is 0 Å². The quantitative estimate of drug-likeness (QED) is 0.545. The molecule has 1 fully saturated rings. The first-order chi connectivity index (χ1) is 10.8. The number of hydrogen-bond acceptors (Lipinski definition) is 1. The summed E-state index contributed by atoms with van der Waals surface area (Å²) in [6, 6.07) is 18.1. The molecule has 0 aliphatic carbocycles. The van der Waals surface area contributed by atoms with Crippen LogP contribution in [-0.4, -0.2) is 36.3 Å². The third-order valence-corrected chi connectivity index (χ3v) is 3.16. The maximum absolute atomic E-state index is 5.63. The maximum atomic E-state index is 5.63. The van der Waals surface area contributed by atoms with Gasteiger partial charge in [-0.2, -0.15) is 30.3 Å². The first kappa shape index (κ1) is 32.9. The van der Waals surface area contributed by atoms with E-state index in [2.05, 4.69) is 19.2 Å². The van der Waals surface area contributed by atoms with Crippen molar-refractivity contribution < 1.29 is 17.1 Å². The molecule has 0 amide bonds. The van der Waals surface area contributed by atoms with Crippen molar-refractivity contribution >= 4 is 46.8 Å². The molecule has 0 atom stereocenters. The molecule has 0 saturated carbocycles. The Hall–Kier alpha value is -0.774. The number of rotatable bonds is 2. The summed E-state index contributed by atoms with van der Waals surface area (Å²) in [5.41, 5.74) is 2.24. The smallest absolute Gasteiger partial charge is 1.00 e. The van der Waals surface area contributed by atoms with E-state index in [1.165, 1.54) is 12.8 Å². The molecule has 26 heavy (non-hydrogen) atoms. The summed E-state index contributed by atoms with van der Waals surface area (Å²) >= 11 is 5.63. The second kappa shape index (κ2) is 22.3. The Labute approximate surface area is 188 Å². The Balaban J connectivity index is -0.000000133. The van der Waals surface area contributed by atoms with E-state index in [1.807, 2.05) is 54.6 Å². The minimum absolute atomic E-state index is 0. The van der Waals surface area contributed by atoms with E-state index < -0.39 is 0 Å². The van der Waals surface area contributed by atoms with Gasteiger partial charge in [-0.25, -0.2) is 0 Å². The van der Waals surface area contributed by atoms with Gasteiger partial charge in [0.15, 0.2) is 0 Å². The maximum Gasteiger partial charge on any atom is 2.00 e. The van der Waals surface area contributed by atoms with Gasteiger partial charge in [0, 0.05) is 18.2 Å². The van der Waals surface area contributed by atoms with Crippen molar-refractivity contribution in [2.24, 2.45) is 0 Å². The minimum Gasteiger partial charge on any atom is -1.00 e. The van der Waals surface area contributed by atoms with Crippen LogP contribution in [0.2, 0.25) is 5.02 Å². The molecule has 1 heterocycles. The van der Waals surface area contributed by atoms with Crippen LogP contribution in [0.4, 0.5) is 0 Å². The average Bonchev–Trinajstić information content (AvgIpc) is 3.17. The van der Waals surface area contributed by atoms with Crippen molar-refractivity contribution in [3.05, 3.63) is 83.9 Å². The van der Waals surface area contributed by atoms with E-state index in [0.717, 1.165) is 29.4 Å². The third kappa shape index (κ3) is 16.7. The molecule has 0 aromatic heterocycles. The molecule has 140 valence electrons. The van der Waals surface area contributed by atoms with Crippen molar-refractivity contribution in [3.63, 3.8) is 0 Å². The van der Waals surface area contributed by atoms with Gasteiger partial charge < -0.3 is 17.1 Å². The number of halogens is 2. The largest absolute Gasteiger partial charge is 2.00 e. The van der Waals surface area contributed by atoms with Gasteiger partial charge >= 0.3 is 23.1 Å². The standard InChI is InChI=1S/C8H7Cl.C8H7.C4H8O.2CH4.ClH.Mg/c1-2-7-3-5-8(9)6-4-7;1-2-8-6-4-3-5-7-8;1-2-4-5-3-1;;;;/h2-6H,1H2;2,4-7H,1H2;1-4H2;2*1H4;1H;/q;-1;;;;;+2/p-1. The molecule has 0 N–H and O–H groups in total. The summed E-state index contributed by atoms with van der Waals surface area (Å²) in [5.74, 6) is 0. The molecule has 1 saturated heterocycles. The van der Waals surface area contributed by atoms with Gasteiger partial charge in [-0.3, -0.25) is 0 Å². The molecular weight excluding hydrogens is 375 g/mol. The summed E-state index contributed by atoms with van der Waals surface area (Å²) in [6.07, 6.45) is 6.16. The van der Waals surface area contributed by atoms with Crippen molar-refractivity contribution in [2.45, 2.75) is 27.7 Å². The molecule has 0 bridgehead atoms. The van der Waals surface area contributed by atoms with Gasteiger partial charge in [0.25, 0.3) is 0 Å². The molecule has 0 radical (unpaired) electrons. The van der Waals surface area contributed by atoms with Crippen molar-refractivity contribution in [2.75, 3.05) is 13.2 Å². The van der Waals surface area contributed by atoms with Gasteiger partial charge in [-0.1, -0.05) is 57.3 Å². The van der Waals surface area contributed by atoms with Crippen LogP contribution in [0.25, 0.3) is 12.2 Å². The van der Waals surface area contributed by atoms with Gasteiger partial charge in [0.2, 0.25) is 0 Å². The minimum atomic E-state index is 0. The zero-order valence-electron chi connectivity index (χ0n) is 13.9. The van der Waals surface area contributed by atoms with Gasteiger partial charge in [0.1, 0.15) is 0 Å². The summed E-state index contributed by atoms with van der Waals surface area (Å²) in [7, 11) is 0. The molecule has 0 spiro atoms. The molecule has 4 heteroatoms. The average molecular weight is 406 g/mol. The van der Waals surface area contributed by atoms with Crippen LogP contribution in [0, 0.1) is 6.07 Å². The molecule has 0 unspecified atom stereocenters. The van der Waals surface area contributed by atoms with Crippen LogP contribution in [0.1, 0.15) is 38.8 Å². The topological polar surface area (TPSA) is 9.23 Å². The fourth-order valence-corrected chi connectivity index (χ4v) is 1.77. The van der Waals surface area contributed by atoms with Crippen LogP contribution >= 0.6 is 11.6 Å². The fraction of sp³-hybridized carbons (Fsp3) is 0.273. The number of ether oxygens (including phenoxy) is 1. The van der Waals surface area contributed by atoms with Crippen molar-refractivity contribution in [1.82, 2.24) is 0 Å². The Morgan fingerprint density at radius 1 is 0.846 bits per heavy atom. The van der Waals surface area contributed by atoms with Crippen LogP contribution in [-0.2, 0) is 4.74 Å². The Kier molecular flexibility index (Phi) is 28.1. The van der Waals surface area contributed by atoms with E-state index in [-0.39, 0.29) is 50.3 Å². The SMILES string of the molecule is C.C.C1CCOC1.C=Cc1cc[c-]cc1.C=Cc1ccc(Cl)cc1.[Cl-].[Mg+2]. The Bertz CT molecular complexity index is 530. The van der Waals surface area contributed by atoms with E-state index in [4.69, 9.17) is 16.3 Å². The summed E-state index contributed by atoms with van der Waals surface area (Å²) in [6.45, 7) is 9.23. The molecule has 1 aliphatic rings. The van der Waals surface area contributed by atoms with Crippen LogP contribution in [0.15, 0.2) is 61.7 Å². The monoisotopic (exact) mass is 404 g/mol. The summed E-state index contributed by atoms with van der Waals surface area (Å²) < 4.78 is 4.94. The fourth-order valence-electron chi connectivity index (χ4n) is 1.65. The first-order valence-electron chi connectivity index (χ1n) is 7.30. The molecule has 3 rings (SSSR count). The zero-order chi connectivity index (χ0) is 16.0. The number of hydrogen-bond donors (Lipinski definition) is 0. The third-order valence-electron chi connectivity index (χ3n) is 2.91. The summed E-state index contributed by atoms with van der Waals surface area (Å²) in [5, 5.41) is 0.764. The van der Waals surface area contributed by atoms with Crippen molar-refractivity contribution in [1.29, 1.82) is 0 Å². The molecular formula is C22H30Cl2MgO. The first-order valence-corrected chi connectivity index (χ1v) is 7.68. The molecule has 2 aromatic carbocycles. The van der Waals surface area contributed by atoms with Crippen LogP contribution in [0.5, 0.6) is 0 Å². The van der Waals surface area contributed by atoms with E-state index in [9.17, 15) is 0 Å². The van der Waals surface area contributed by atoms with Crippen LogP contribution in [0.3, 0.4) is 0 Å². The molecule has 2 aromatic rings. The predicted octanol–water partition coefficient (Wildman–Crippen LogP) is 3.80. The van der Waals surface area contributed by atoms with Crippen LogP contribution < -0.4 is 12.4 Å². The number of benzene rings is 2. The summed E-state index contributed by atoms with van der Waals surface area (Å²) in [4.78, 5) is 0. The second-order valence-electron chi connectivity index (χ2n) is 4.61. The van der Waals surface area contributed by atoms with E-state index in [1.54, 1.807) is 6.08 Å². The predicted molar refractivity (Wildman–Crippen MR) is 116 cm³/mol. The Morgan fingerprint density at radius 3 is 1.58 bits per heavy atom. The second-order valence-corrected chi connectivity index (χ2v) is 5.05. The van der Waals surface area contributed by atoms with E-state index >= 15 is 0 Å². The van der Waals surface area contributed by atoms with Gasteiger partial charge in [-0.05, 0) is 30.5 Å². The normalized spacial score (nSPS) is 10.3. The van der Waals surface area contributed by atoms with E-state index in [0.29, 0.717) is 0 Å². The zero-order valence-corrected chi connectivity index (χ0v) is 16.8.